The Balaban J connectivity index is 1.48. The molecule has 5 heteroatoms. The summed E-state index contributed by atoms with van der Waals surface area (Å²) in [4.78, 5) is 19.4. The molecule has 150 valence electrons. The fraction of sp³-hybridized carbons (Fsp3) is 0.120. The van der Waals surface area contributed by atoms with Crippen LogP contribution in [0, 0.1) is 0 Å². The van der Waals surface area contributed by atoms with Gasteiger partial charge in [-0.3, -0.25) is 4.79 Å². The molecule has 0 spiro atoms. The van der Waals surface area contributed by atoms with Gasteiger partial charge in [0, 0.05) is 24.0 Å². The van der Waals surface area contributed by atoms with Crippen LogP contribution in [0.4, 0.5) is 0 Å². The van der Waals surface area contributed by atoms with Crippen molar-refractivity contribution in [2.45, 2.75) is 19.7 Å². The molecule has 1 amide bonds. The van der Waals surface area contributed by atoms with E-state index in [0.29, 0.717) is 25.3 Å². The molecule has 0 saturated heterocycles. The predicted octanol–water partition coefficient (Wildman–Crippen LogP) is 5.56. The Kier molecular flexibility index (Phi) is 6.52. The fourth-order valence-electron chi connectivity index (χ4n) is 3.15. The Morgan fingerprint density at radius 3 is 1.97 bits per heavy atom. The lowest BCUT2D eigenvalue weighted by Crippen LogP contribution is -2.30. The third-order valence-electron chi connectivity index (χ3n) is 4.69. The fourth-order valence-corrected chi connectivity index (χ4v) is 3.69. The highest BCUT2D eigenvalue weighted by atomic mass is 32.1. The van der Waals surface area contributed by atoms with Gasteiger partial charge in [0.1, 0.15) is 12.4 Å². The molecule has 0 atom stereocenters. The average Bonchev–Trinajstić information content (AvgIpc) is 3.32. The Labute approximate surface area is 180 Å². The minimum atomic E-state index is -0.00578. The first-order valence-electron chi connectivity index (χ1n) is 9.75. The summed E-state index contributed by atoms with van der Waals surface area (Å²) in [5.74, 6) is 0.714. The van der Waals surface area contributed by atoms with Crippen LogP contribution in [0.2, 0.25) is 0 Å². The number of carbonyl (C=O) groups is 1. The molecular weight excluding hydrogens is 392 g/mol. The molecule has 0 fully saturated rings. The largest absolute Gasteiger partial charge is 0.487 e. The topological polar surface area (TPSA) is 42.4 Å². The van der Waals surface area contributed by atoms with E-state index in [4.69, 9.17) is 4.74 Å². The number of amides is 1. The van der Waals surface area contributed by atoms with Crippen LogP contribution in [-0.2, 0) is 19.7 Å². The Morgan fingerprint density at radius 1 is 0.833 bits per heavy atom. The van der Waals surface area contributed by atoms with E-state index in [-0.39, 0.29) is 5.91 Å². The van der Waals surface area contributed by atoms with Crippen molar-refractivity contribution < 1.29 is 9.53 Å². The quantitative estimate of drug-likeness (QED) is 0.379. The second kappa shape index (κ2) is 9.85. The molecule has 0 aliphatic rings. The van der Waals surface area contributed by atoms with Gasteiger partial charge in [0.15, 0.2) is 0 Å². The van der Waals surface area contributed by atoms with Gasteiger partial charge in [-0.05, 0) is 35.4 Å². The molecule has 0 aliphatic carbocycles. The summed E-state index contributed by atoms with van der Waals surface area (Å²) in [6.07, 6.45) is 0. The number of thiazole rings is 1. The van der Waals surface area contributed by atoms with Gasteiger partial charge in [-0.2, -0.15) is 0 Å². The van der Waals surface area contributed by atoms with Crippen LogP contribution in [0.5, 0.6) is 5.75 Å². The van der Waals surface area contributed by atoms with E-state index < -0.39 is 0 Å². The molecule has 4 aromatic rings. The number of hydrogen-bond acceptors (Lipinski definition) is 4. The molecule has 0 unspecified atom stereocenters. The monoisotopic (exact) mass is 414 g/mol. The molecule has 0 saturated carbocycles. The molecule has 0 bridgehead atoms. The molecule has 4 nitrogen and oxygen atoms in total. The van der Waals surface area contributed by atoms with Crippen molar-refractivity contribution in [1.82, 2.24) is 9.88 Å². The van der Waals surface area contributed by atoms with Gasteiger partial charge in [0.25, 0.3) is 5.91 Å². The van der Waals surface area contributed by atoms with E-state index in [1.54, 1.807) is 16.8 Å². The first-order chi connectivity index (χ1) is 14.8. The van der Waals surface area contributed by atoms with Crippen molar-refractivity contribution in [3.8, 4) is 5.75 Å². The van der Waals surface area contributed by atoms with Gasteiger partial charge in [0.2, 0.25) is 0 Å². The van der Waals surface area contributed by atoms with Crippen molar-refractivity contribution in [2.24, 2.45) is 0 Å². The summed E-state index contributed by atoms with van der Waals surface area (Å²) in [6, 6.07) is 27.4. The van der Waals surface area contributed by atoms with E-state index in [1.165, 1.54) is 0 Å². The minimum Gasteiger partial charge on any atom is -0.487 e. The standard InChI is InChI=1S/C25H22N2O2S/c28-25(22-11-13-24(14-12-22)29-17-23-18-30-19-26-23)27(15-20-7-3-1-4-8-20)16-21-9-5-2-6-10-21/h1-14,18-19H,15-17H2. The minimum absolute atomic E-state index is 0.00578. The molecule has 30 heavy (non-hydrogen) atoms. The van der Waals surface area contributed by atoms with E-state index in [0.717, 1.165) is 22.6 Å². The number of nitrogens with zero attached hydrogens (tertiary/aromatic N) is 2. The van der Waals surface area contributed by atoms with E-state index in [2.05, 4.69) is 4.98 Å². The highest BCUT2D eigenvalue weighted by Crippen LogP contribution is 2.18. The average molecular weight is 415 g/mol. The van der Waals surface area contributed by atoms with Gasteiger partial charge in [-0.1, -0.05) is 60.7 Å². The SMILES string of the molecule is O=C(c1ccc(OCc2cscn2)cc1)N(Cc1ccccc1)Cc1ccccc1. The van der Waals surface area contributed by atoms with Gasteiger partial charge in [0.05, 0.1) is 11.2 Å². The number of carbonyl (C=O) groups excluding carboxylic acids is 1. The zero-order valence-electron chi connectivity index (χ0n) is 16.5. The molecule has 3 aromatic carbocycles. The van der Waals surface area contributed by atoms with Crippen molar-refractivity contribution in [2.75, 3.05) is 0 Å². The van der Waals surface area contributed by atoms with Crippen molar-refractivity contribution in [3.63, 3.8) is 0 Å². The van der Waals surface area contributed by atoms with E-state index in [9.17, 15) is 4.79 Å². The lowest BCUT2D eigenvalue weighted by atomic mass is 10.1. The maximum Gasteiger partial charge on any atom is 0.254 e. The predicted molar refractivity (Wildman–Crippen MR) is 119 cm³/mol. The summed E-state index contributed by atoms with van der Waals surface area (Å²) < 4.78 is 5.76. The second-order valence-electron chi connectivity index (χ2n) is 6.93. The molecule has 0 radical (unpaired) electrons. The zero-order chi connectivity index (χ0) is 20.6. The number of rotatable bonds is 8. The molecule has 4 rings (SSSR count). The van der Waals surface area contributed by atoms with Crippen LogP contribution in [0.3, 0.4) is 0 Å². The van der Waals surface area contributed by atoms with Crippen molar-refractivity contribution >= 4 is 17.2 Å². The smallest absolute Gasteiger partial charge is 0.254 e. The number of aromatic nitrogens is 1. The van der Waals surface area contributed by atoms with E-state index >= 15 is 0 Å². The van der Waals surface area contributed by atoms with Crippen LogP contribution < -0.4 is 4.74 Å². The Hall–Kier alpha value is -3.44. The summed E-state index contributed by atoms with van der Waals surface area (Å²) in [5.41, 5.74) is 5.53. The number of ether oxygens (including phenoxy) is 1. The Bertz CT molecular complexity index is 1010. The van der Waals surface area contributed by atoms with Gasteiger partial charge < -0.3 is 9.64 Å². The van der Waals surface area contributed by atoms with E-state index in [1.807, 2.05) is 95.2 Å². The highest BCUT2D eigenvalue weighted by molar-refractivity contribution is 7.07. The van der Waals surface area contributed by atoms with Crippen LogP contribution in [0.25, 0.3) is 0 Å². The van der Waals surface area contributed by atoms with Gasteiger partial charge in [-0.25, -0.2) is 4.98 Å². The third kappa shape index (κ3) is 5.33. The molecule has 0 aliphatic heterocycles. The molecule has 0 N–H and O–H groups in total. The van der Waals surface area contributed by atoms with Crippen molar-refractivity contribution in [1.29, 1.82) is 0 Å². The van der Waals surface area contributed by atoms with Gasteiger partial charge >= 0.3 is 0 Å². The zero-order valence-corrected chi connectivity index (χ0v) is 17.3. The van der Waals surface area contributed by atoms with Crippen LogP contribution in [0.1, 0.15) is 27.2 Å². The van der Waals surface area contributed by atoms with Crippen LogP contribution in [-0.4, -0.2) is 15.8 Å². The summed E-state index contributed by atoms with van der Waals surface area (Å²) in [7, 11) is 0. The van der Waals surface area contributed by atoms with Gasteiger partial charge in [-0.15, -0.1) is 11.3 Å². The molecule has 1 aromatic heterocycles. The first-order valence-corrected chi connectivity index (χ1v) is 10.7. The Morgan fingerprint density at radius 2 is 1.43 bits per heavy atom. The lowest BCUT2D eigenvalue weighted by Gasteiger charge is -2.23. The number of benzene rings is 3. The highest BCUT2D eigenvalue weighted by Gasteiger charge is 2.17. The van der Waals surface area contributed by atoms with Crippen LogP contribution in [0.15, 0.2) is 95.8 Å². The summed E-state index contributed by atoms with van der Waals surface area (Å²) >= 11 is 1.54. The van der Waals surface area contributed by atoms with Crippen LogP contribution >= 0.6 is 11.3 Å². The normalized spacial score (nSPS) is 10.5. The van der Waals surface area contributed by atoms with Crippen molar-refractivity contribution in [3.05, 3.63) is 118 Å². The molecule has 1 heterocycles. The summed E-state index contributed by atoms with van der Waals surface area (Å²) in [5, 5.41) is 1.96. The summed E-state index contributed by atoms with van der Waals surface area (Å²) in [6.45, 7) is 1.53. The third-order valence-corrected chi connectivity index (χ3v) is 5.33. The maximum atomic E-state index is 13.3. The molecular formula is C25H22N2O2S. The number of hydrogen-bond donors (Lipinski definition) is 0. The lowest BCUT2D eigenvalue weighted by molar-refractivity contribution is 0.0730. The second-order valence-corrected chi connectivity index (χ2v) is 7.64. The first kappa shape index (κ1) is 19.9. The maximum absolute atomic E-state index is 13.3.